The Morgan fingerprint density at radius 2 is 2.30 bits per heavy atom. The van der Waals surface area contributed by atoms with Gasteiger partial charge in [-0.3, -0.25) is 14.6 Å². The van der Waals surface area contributed by atoms with Gasteiger partial charge in [0.25, 0.3) is 5.56 Å². The molecular formula is C11H15N5O4. The van der Waals surface area contributed by atoms with Crippen molar-refractivity contribution in [1.29, 1.82) is 0 Å². The number of aromatic nitrogens is 4. The molecular weight excluding hydrogens is 266 g/mol. The zero-order chi connectivity index (χ0) is 14.5. The van der Waals surface area contributed by atoms with Crippen LogP contribution in [0.5, 0.6) is 0 Å². The molecule has 2 rings (SSSR count). The molecule has 108 valence electrons. The van der Waals surface area contributed by atoms with Gasteiger partial charge in [-0.25, -0.2) is 4.98 Å². The van der Waals surface area contributed by atoms with Crippen molar-refractivity contribution in [3.05, 3.63) is 16.7 Å². The molecule has 0 saturated heterocycles. The number of rotatable bonds is 6. The molecule has 0 unspecified atom stereocenters. The first-order chi connectivity index (χ1) is 9.65. The molecule has 0 amide bonds. The van der Waals surface area contributed by atoms with E-state index in [0.717, 1.165) is 0 Å². The van der Waals surface area contributed by atoms with Crippen LogP contribution in [-0.2, 0) is 9.53 Å². The molecule has 20 heavy (non-hydrogen) atoms. The van der Waals surface area contributed by atoms with Crippen LogP contribution in [0.25, 0.3) is 11.2 Å². The highest BCUT2D eigenvalue weighted by atomic mass is 16.7. The molecule has 0 radical (unpaired) electrons. The number of esters is 1. The van der Waals surface area contributed by atoms with E-state index >= 15 is 0 Å². The number of ether oxygens (including phenoxy) is 1. The van der Waals surface area contributed by atoms with Crippen molar-refractivity contribution in [2.45, 2.75) is 13.3 Å². The van der Waals surface area contributed by atoms with Crippen molar-refractivity contribution in [3.63, 3.8) is 0 Å². The van der Waals surface area contributed by atoms with Crippen LogP contribution < -0.4 is 15.7 Å². The van der Waals surface area contributed by atoms with Crippen LogP contribution in [0.3, 0.4) is 0 Å². The topological polar surface area (TPSA) is 111 Å². The monoisotopic (exact) mass is 281 g/mol. The number of hydrogen-bond acceptors (Lipinski definition) is 7. The number of H-pyrrole nitrogens is 1. The highest BCUT2D eigenvalue weighted by Crippen LogP contribution is 2.05. The summed E-state index contributed by atoms with van der Waals surface area (Å²) >= 11 is 0. The van der Waals surface area contributed by atoms with Gasteiger partial charge in [0.2, 0.25) is 11.6 Å². The van der Waals surface area contributed by atoms with Crippen LogP contribution >= 0.6 is 0 Å². The number of nitrogens with one attached hydrogen (secondary N) is 2. The minimum atomic E-state index is -0.362. The average molecular weight is 281 g/mol. The van der Waals surface area contributed by atoms with Crippen molar-refractivity contribution in [1.82, 2.24) is 19.7 Å². The molecule has 0 bridgehead atoms. The lowest BCUT2D eigenvalue weighted by molar-refractivity contribution is -0.144. The van der Waals surface area contributed by atoms with Gasteiger partial charge in [-0.1, -0.05) is 6.92 Å². The van der Waals surface area contributed by atoms with Crippen LogP contribution in [0, 0.1) is 0 Å². The predicted molar refractivity (Wildman–Crippen MR) is 70.4 cm³/mol. The van der Waals surface area contributed by atoms with E-state index in [1.807, 2.05) is 0 Å². The SMILES string of the molecule is CCC(=O)OCCOn1cnc2c(=O)[nH]c(NC)nc21. The van der Waals surface area contributed by atoms with Gasteiger partial charge in [0.1, 0.15) is 19.5 Å². The fourth-order valence-corrected chi connectivity index (χ4v) is 1.50. The largest absolute Gasteiger partial charge is 0.462 e. The number of imidazole rings is 1. The van der Waals surface area contributed by atoms with Crippen LogP contribution in [0.1, 0.15) is 13.3 Å². The number of carbonyl (C=O) groups is 1. The van der Waals surface area contributed by atoms with Crippen molar-refractivity contribution in [2.24, 2.45) is 0 Å². The molecule has 0 fully saturated rings. The smallest absolute Gasteiger partial charge is 0.305 e. The summed E-state index contributed by atoms with van der Waals surface area (Å²) in [5.41, 5.74) is 0.105. The Labute approximate surface area is 113 Å². The summed E-state index contributed by atoms with van der Waals surface area (Å²) < 4.78 is 6.14. The van der Waals surface area contributed by atoms with Crippen molar-refractivity contribution < 1.29 is 14.4 Å². The van der Waals surface area contributed by atoms with E-state index in [2.05, 4.69) is 20.3 Å². The zero-order valence-electron chi connectivity index (χ0n) is 11.2. The van der Waals surface area contributed by atoms with E-state index in [9.17, 15) is 9.59 Å². The van der Waals surface area contributed by atoms with Gasteiger partial charge in [-0.2, -0.15) is 9.71 Å². The van der Waals surface area contributed by atoms with Gasteiger partial charge in [0.15, 0.2) is 5.52 Å². The van der Waals surface area contributed by atoms with E-state index < -0.39 is 0 Å². The Balaban J connectivity index is 2.09. The molecule has 9 nitrogen and oxygen atoms in total. The molecule has 2 heterocycles. The Morgan fingerprint density at radius 3 is 3.00 bits per heavy atom. The van der Waals surface area contributed by atoms with E-state index in [1.54, 1.807) is 14.0 Å². The number of carbonyl (C=O) groups excluding carboxylic acids is 1. The number of aromatic amines is 1. The number of hydrogen-bond donors (Lipinski definition) is 2. The molecule has 0 aliphatic rings. The first-order valence-electron chi connectivity index (χ1n) is 6.09. The van der Waals surface area contributed by atoms with Gasteiger partial charge < -0.3 is 14.9 Å². The van der Waals surface area contributed by atoms with Crippen LogP contribution in [0.4, 0.5) is 5.95 Å². The van der Waals surface area contributed by atoms with E-state index in [1.165, 1.54) is 11.1 Å². The third-order valence-electron chi connectivity index (χ3n) is 2.48. The maximum atomic E-state index is 11.7. The quantitative estimate of drug-likeness (QED) is 0.544. The minimum Gasteiger partial charge on any atom is -0.462 e. The molecule has 2 aromatic rings. The number of nitrogens with zero attached hydrogens (tertiary/aromatic N) is 3. The van der Waals surface area contributed by atoms with Crippen LogP contribution in [0.2, 0.25) is 0 Å². The summed E-state index contributed by atoms with van der Waals surface area (Å²) in [4.78, 5) is 38.6. The fraction of sp³-hybridized carbons (Fsp3) is 0.455. The normalized spacial score (nSPS) is 10.5. The number of anilines is 1. The summed E-state index contributed by atoms with van der Waals surface area (Å²) in [5.74, 6) is 0.0152. The summed E-state index contributed by atoms with van der Waals surface area (Å²) in [6.07, 6.45) is 1.66. The predicted octanol–water partition coefficient (Wildman–Crippen LogP) is -0.457. The molecule has 2 aromatic heterocycles. The zero-order valence-corrected chi connectivity index (χ0v) is 11.2. The molecule has 0 aliphatic heterocycles. The standard InChI is InChI=1S/C11H15N5O4/c1-3-7(17)19-4-5-20-16-6-13-8-9(16)14-11(12-2)15-10(8)18/h6H,3-5H2,1-2H3,(H2,12,14,15,18). The molecule has 9 heteroatoms. The Morgan fingerprint density at radius 1 is 1.50 bits per heavy atom. The van der Waals surface area contributed by atoms with Gasteiger partial charge >= 0.3 is 5.97 Å². The molecule has 0 aromatic carbocycles. The highest BCUT2D eigenvalue weighted by Gasteiger charge is 2.10. The second-order valence-corrected chi connectivity index (χ2v) is 3.81. The highest BCUT2D eigenvalue weighted by molar-refractivity contribution is 5.70. The van der Waals surface area contributed by atoms with Crippen molar-refractivity contribution >= 4 is 23.1 Å². The van der Waals surface area contributed by atoms with Crippen molar-refractivity contribution in [3.8, 4) is 0 Å². The minimum absolute atomic E-state index is 0.119. The van der Waals surface area contributed by atoms with Gasteiger partial charge in [-0.15, -0.1) is 0 Å². The molecule has 0 atom stereocenters. The van der Waals surface area contributed by atoms with E-state index in [0.29, 0.717) is 18.0 Å². The fourth-order valence-electron chi connectivity index (χ4n) is 1.50. The second-order valence-electron chi connectivity index (χ2n) is 3.81. The number of fused-ring (bicyclic) bond motifs is 1. The Bertz CT molecular complexity index is 662. The lowest BCUT2D eigenvalue weighted by atomic mass is 10.5. The van der Waals surface area contributed by atoms with Crippen LogP contribution in [-0.4, -0.2) is 45.9 Å². The Hall–Kier alpha value is -2.58. The van der Waals surface area contributed by atoms with Gasteiger partial charge in [0.05, 0.1) is 0 Å². The van der Waals surface area contributed by atoms with E-state index in [-0.39, 0.29) is 30.3 Å². The maximum Gasteiger partial charge on any atom is 0.305 e. The second kappa shape index (κ2) is 6.04. The third kappa shape index (κ3) is 2.87. The average Bonchev–Trinajstić information content (AvgIpc) is 2.86. The lowest BCUT2D eigenvalue weighted by Gasteiger charge is -2.07. The summed E-state index contributed by atoms with van der Waals surface area (Å²) in [7, 11) is 1.63. The Kier molecular flexibility index (Phi) is 4.18. The third-order valence-corrected chi connectivity index (χ3v) is 2.48. The van der Waals surface area contributed by atoms with Crippen molar-refractivity contribution in [2.75, 3.05) is 25.6 Å². The molecule has 2 N–H and O–H groups in total. The first kappa shape index (κ1) is 13.8. The lowest BCUT2D eigenvalue weighted by Crippen LogP contribution is -2.19. The summed E-state index contributed by atoms with van der Waals surface area (Å²) in [6.45, 7) is 1.97. The van der Waals surface area contributed by atoms with Gasteiger partial charge in [0, 0.05) is 13.5 Å². The maximum absolute atomic E-state index is 11.7. The molecule has 0 saturated carbocycles. The summed E-state index contributed by atoms with van der Waals surface area (Å²) in [5, 5.41) is 2.73. The van der Waals surface area contributed by atoms with Crippen LogP contribution in [0.15, 0.2) is 11.1 Å². The van der Waals surface area contributed by atoms with Gasteiger partial charge in [-0.05, 0) is 0 Å². The molecule has 0 aliphatic carbocycles. The first-order valence-corrected chi connectivity index (χ1v) is 6.09. The molecule has 0 spiro atoms. The summed E-state index contributed by atoms with van der Waals surface area (Å²) in [6, 6.07) is 0. The van der Waals surface area contributed by atoms with E-state index in [4.69, 9.17) is 9.57 Å².